The first kappa shape index (κ1) is 27.1. The Labute approximate surface area is 202 Å². The van der Waals surface area contributed by atoms with Gasteiger partial charge in [0.25, 0.3) is 0 Å². The third kappa shape index (κ3) is 6.00. The van der Waals surface area contributed by atoms with E-state index in [0.29, 0.717) is 37.9 Å². The molecule has 8 heteroatoms. The lowest BCUT2D eigenvalue weighted by molar-refractivity contribution is -0.162. The van der Waals surface area contributed by atoms with Gasteiger partial charge in [-0.05, 0) is 68.3 Å². The van der Waals surface area contributed by atoms with Crippen molar-refractivity contribution in [1.82, 2.24) is 4.90 Å². The SMILES string of the molecule is CCC(CCC(C#N)(c1ccc(C(F)(F)F)c(C(F)(F)F)c1)C1CCC1)N(C)Cc1ccccc1. The Morgan fingerprint density at radius 1 is 0.971 bits per heavy atom. The van der Waals surface area contributed by atoms with Crippen molar-refractivity contribution < 1.29 is 26.3 Å². The van der Waals surface area contributed by atoms with Crippen LogP contribution < -0.4 is 0 Å². The minimum absolute atomic E-state index is 0.0330. The third-order valence-electron chi connectivity index (χ3n) is 7.39. The van der Waals surface area contributed by atoms with Gasteiger partial charge in [-0.1, -0.05) is 49.7 Å². The molecule has 0 N–H and O–H groups in total. The van der Waals surface area contributed by atoms with Crippen molar-refractivity contribution in [2.45, 2.75) is 75.8 Å². The van der Waals surface area contributed by atoms with Gasteiger partial charge in [-0.3, -0.25) is 4.90 Å². The highest BCUT2D eigenvalue weighted by atomic mass is 19.4. The van der Waals surface area contributed by atoms with Crippen molar-refractivity contribution in [3.8, 4) is 6.07 Å². The van der Waals surface area contributed by atoms with Crippen LogP contribution in [-0.2, 0) is 24.3 Å². The normalized spacial score (nSPS) is 17.5. The first-order valence-corrected chi connectivity index (χ1v) is 11.9. The fraction of sp³-hybridized carbons (Fsp3) is 0.519. The van der Waals surface area contributed by atoms with Gasteiger partial charge >= 0.3 is 12.4 Å². The molecule has 2 nitrogen and oxygen atoms in total. The van der Waals surface area contributed by atoms with Crippen LogP contribution in [0.2, 0.25) is 0 Å². The number of benzene rings is 2. The van der Waals surface area contributed by atoms with Crippen molar-refractivity contribution in [3.63, 3.8) is 0 Å². The number of nitrogens with zero attached hydrogens (tertiary/aromatic N) is 2. The van der Waals surface area contributed by atoms with Crippen LogP contribution in [0.15, 0.2) is 48.5 Å². The molecule has 0 amide bonds. The van der Waals surface area contributed by atoms with Crippen LogP contribution in [0.3, 0.4) is 0 Å². The summed E-state index contributed by atoms with van der Waals surface area (Å²) in [6, 6.07) is 14.3. The van der Waals surface area contributed by atoms with Crippen molar-refractivity contribution in [2.75, 3.05) is 7.05 Å². The maximum Gasteiger partial charge on any atom is 0.417 e. The molecule has 35 heavy (non-hydrogen) atoms. The predicted molar refractivity (Wildman–Crippen MR) is 122 cm³/mol. The molecule has 1 aliphatic rings. The third-order valence-corrected chi connectivity index (χ3v) is 7.39. The van der Waals surface area contributed by atoms with Crippen molar-refractivity contribution in [2.24, 2.45) is 5.92 Å². The van der Waals surface area contributed by atoms with Gasteiger partial charge in [0, 0.05) is 12.6 Å². The van der Waals surface area contributed by atoms with Crippen molar-refractivity contribution in [1.29, 1.82) is 5.26 Å². The summed E-state index contributed by atoms with van der Waals surface area (Å²) in [6.07, 6.45) is -6.51. The Hall–Kier alpha value is -2.53. The predicted octanol–water partition coefficient (Wildman–Crippen LogP) is 7.98. The first-order valence-electron chi connectivity index (χ1n) is 11.9. The minimum Gasteiger partial charge on any atom is -0.299 e. The van der Waals surface area contributed by atoms with E-state index in [1.165, 1.54) is 0 Å². The number of hydrogen-bond acceptors (Lipinski definition) is 2. The van der Waals surface area contributed by atoms with E-state index in [-0.39, 0.29) is 23.9 Å². The zero-order chi connectivity index (χ0) is 25.9. The molecular weight excluding hydrogens is 466 g/mol. The zero-order valence-corrected chi connectivity index (χ0v) is 19.9. The van der Waals surface area contributed by atoms with Gasteiger partial charge in [0.2, 0.25) is 0 Å². The van der Waals surface area contributed by atoms with Crippen LogP contribution in [0, 0.1) is 17.2 Å². The lowest BCUT2D eigenvalue weighted by Crippen LogP contribution is -2.40. The van der Waals surface area contributed by atoms with E-state index < -0.39 is 28.9 Å². The van der Waals surface area contributed by atoms with E-state index in [4.69, 9.17) is 0 Å². The summed E-state index contributed by atoms with van der Waals surface area (Å²) in [5.41, 5.74) is -3.55. The Bertz CT molecular complexity index is 1020. The molecule has 190 valence electrons. The van der Waals surface area contributed by atoms with Crippen LogP contribution in [-0.4, -0.2) is 18.0 Å². The highest BCUT2D eigenvalue weighted by Gasteiger charge is 2.48. The van der Waals surface area contributed by atoms with Crippen molar-refractivity contribution >= 4 is 0 Å². The van der Waals surface area contributed by atoms with Crippen LogP contribution >= 0.6 is 0 Å². The highest BCUT2D eigenvalue weighted by Crippen LogP contribution is 2.49. The van der Waals surface area contributed by atoms with Crippen LogP contribution in [0.5, 0.6) is 0 Å². The summed E-state index contributed by atoms with van der Waals surface area (Å²) in [6.45, 7) is 2.70. The molecule has 0 radical (unpaired) electrons. The van der Waals surface area contributed by atoms with Gasteiger partial charge in [0.15, 0.2) is 0 Å². The second-order valence-electron chi connectivity index (χ2n) is 9.47. The molecule has 2 aromatic carbocycles. The highest BCUT2D eigenvalue weighted by molar-refractivity contribution is 5.43. The number of alkyl halides is 6. The standard InChI is InChI=1S/C27H30F6N2/c1-3-22(35(2)17-19-8-5-4-6-9-19)14-15-25(18-34,20-10-7-11-20)21-12-13-23(26(28,29)30)24(16-21)27(31,32)33/h4-6,8-9,12-13,16,20,22H,3,7,10-11,14-15,17H2,1-2H3. The van der Waals surface area contributed by atoms with Gasteiger partial charge in [-0.15, -0.1) is 0 Å². The van der Waals surface area contributed by atoms with Gasteiger partial charge in [-0.2, -0.15) is 31.6 Å². The summed E-state index contributed by atoms with van der Waals surface area (Å²) >= 11 is 0. The van der Waals surface area contributed by atoms with Crippen LogP contribution in [0.1, 0.15) is 67.7 Å². The van der Waals surface area contributed by atoms with Gasteiger partial charge < -0.3 is 0 Å². The number of halogens is 6. The molecule has 0 heterocycles. The lowest BCUT2D eigenvalue weighted by Gasteiger charge is -2.42. The Morgan fingerprint density at radius 2 is 1.60 bits per heavy atom. The molecular formula is C27H30F6N2. The maximum atomic E-state index is 13.6. The topological polar surface area (TPSA) is 27.0 Å². The van der Waals surface area contributed by atoms with Crippen LogP contribution in [0.25, 0.3) is 0 Å². The number of nitriles is 1. The molecule has 3 rings (SSSR count). The largest absolute Gasteiger partial charge is 0.417 e. The fourth-order valence-corrected chi connectivity index (χ4v) is 5.13. The Kier molecular flexibility index (Phi) is 8.21. The molecule has 1 fully saturated rings. The van der Waals surface area contributed by atoms with E-state index in [2.05, 4.69) is 11.0 Å². The molecule has 2 unspecified atom stereocenters. The Balaban J connectivity index is 1.93. The number of hydrogen-bond donors (Lipinski definition) is 0. The molecule has 0 aromatic heterocycles. The smallest absolute Gasteiger partial charge is 0.299 e. The molecule has 0 spiro atoms. The maximum absolute atomic E-state index is 13.6. The van der Waals surface area contributed by atoms with E-state index in [0.717, 1.165) is 24.5 Å². The number of rotatable bonds is 9. The zero-order valence-electron chi connectivity index (χ0n) is 19.9. The molecule has 0 saturated heterocycles. The average molecular weight is 497 g/mol. The fourth-order valence-electron chi connectivity index (χ4n) is 5.13. The van der Waals surface area contributed by atoms with E-state index in [9.17, 15) is 31.6 Å². The molecule has 2 aromatic rings. The lowest BCUT2D eigenvalue weighted by atomic mass is 9.60. The summed E-state index contributed by atoms with van der Waals surface area (Å²) < 4.78 is 80.9. The Morgan fingerprint density at radius 3 is 2.09 bits per heavy atom. The molecule has 0 aliphatic heterocycles. The quantitative estimate of drug-likeness (QED) is 0.329. The van der Waals surface area contributed by atoms with Crippen molar-refractivity contribution in [3.05, 3.63) is 70.8 Å². The summed E-state index contributed by atoms with van der Waals surface area (Å²) in [7, 11) is 1.97. The average Bonchev–Trinajstić information content (AvgIpc) is 2.76. The van der Waals surface area contributed by atoms with Gasteiger partial charge in [-0.25, -0.2) is 0 Å². The molecule has 2 atom stereocenters. The van der Waals surface area contributed by atoms with Crippen LogP contribution in [0.4, 0.5) is 26.3 Å². The molecule has 1 aliphatic carbocycles. The monoisotopic (exact) mass is 496 g/mol. The van der Waals surface area contributed by atoms with Gasteiger partial charge in [0.05, 0.1) is 22.6 Å². The molecule has 0 bridgehead atoms. The second-order valence-corrected chi connectivity index (χ2v) is 9.47. The van der Waals surface area contributed by atoms with E-state index in [1.807, 2.05) is 44.3 Å². The van der Waals surface area contributed by atoms with E-state index >= 15 is 0 Å². The van der Waals surface area contributed by atoms with Gasteiger partial charge in [0.1, 0.15) is 0 Å². The second kappa shape index (κ2) is 10.6. The van der Waals surface area contributed by atoms with E-state index in [1.54, 1.807) is 0 Å². The minimum atomic E-state index is -5.18. The summed E-state index contributed by atoms with van der Waals surface area (Å²) in [5, 5.41) is 10.3. The summed E-state index contributed by atoms with van der Waals surface area (Å²) in [5.74, 6) is -0.178. The first-order chi connectivity index (χ1) is 16.4. The summed E-state index contributed by atoms with van der Waals surface area (Å²) in [4.78, 5) is 2.16. The molecule has 1 saturated carbocycles.